The topological polar surface area (TPSA) is 75.4 Å². The average molecular weight is 281 g/mol. The number of carboxylic acids is 1. The van der Waals surface area contributed by atoms with Gasteiger partial charge < -0.3 is 10.0 Å². The van der Waals surface area contributed by atoms with Crippen LogP contribution in [-0.2, 0) is 16.1 Å². The maximum absolute atomic E-state index is 12.1. The maximum atomic E-state index is 12.1. The van der Waals surface area contributed by atoms with E-state index in [2.05, 4.69) is 5.10 Å². The van der Waals surface area contributed by atoms with Gasteiger partial charge in [-0.2, -0.15) is 5.10 Å². The van der Waals surface area contributed by atoms with E-state index in [-0.39, 0.29) is 12.5 Å². The highest BCUT2D eigenvalue weighted by molar-refractivity contribution is 5.77. The lowest BCUT2D eigenvalue weighted by atomic mass is 10.1. The van der Waals surface area contributed by atoms with E-state index in [1.807, 2.05) is 31.5 Å². The number of nitrogens with zero attached hydrogens (tertiary/aromatic N) is 3. The Kier molecular flexibility index (Phi) is 5.73. The van der Waals surface area contributed by atoms with E-state index in [9.17, 15) is 9.59 Å². The van der Waals surface area contributed by atoms with Crippen LogP contribution in [0.1, 0.15) is 31.7 Å². The summed E-state index contributed by atoms with van der Waals surface area (Å²) >= 11 is 0. The average Bonchev–Trinajstić information content (AvgIpc) is 2.70. The third kappa shape index (κ3) is 4.36. The van der Waals surface area contributed by atoms with Crippen molar-refractivity contribution in [2.45, 2.75) is 40.7 Å². The van der Waals surface area contributed by atoms with Crippen LogP contribution in [0, 0.1) is 19.8 Å². The van der Waals surface area contributed by atoms with Gasteiger partial charge in [0.25, 0.3) is 0 Å². The second-order valence-electron chi connectivity index (χ2n) is 5.07. The Balaban J connectivity index is 2.55. The number of carboxylic acid groups (broad SMARTS) is 1. The zero-order chi connectivity index (χ0) is 15.3. The third-order valence-corrected chi connectivity index (χ3v) is 3.29. The van der Waals surface area contributed by atoms with E-state index in [0.717, 1.165) is 11.4 Å². The molecule has 1 aromatic rings. The fourth-order valence-electron chi connectivity index (χ4n) is 2.08. The lowest BCUT2D eigenvalue weighted by Crippen LogP contribution is -2.37. The SMILES string of the molecule is CCN(CC(C)C(=O)O)C(=O)CCn1nc(C)cc1C. The predicted octanol–water partition coefficient (Wildman–Crippen LogP) is 1.46. The van der Waals surface area contributed by atoms with Crippen LogP contribution in [0.25, 0.3) is 0 Å². The lowest BCUT2D eigenvalue weighted by molar-refractivity contribution is -0.143. The third-order valence-electron chi connectivity index (χ3n) is 3.29. The van der Waals surface area contributed by atoms with Crippen molar-refractivity contribution in [3.63, 3.8) is 0 Å². The molecule has 0 saturated carbocycles. The molecular weight excluding hydrogens is 258 g/mol. The molecule has 0 aliphatic rings. The molecule has 0 aliphatic carbocycles. The largest absolute Gasteiger partial charge is 0.481 e. The van der Waals surface area contributed by atoms with Crippen LogP contribution in [0.15, 0.2) is 6.07 Å². The number of carbonyl (C=O) groups is 2. The summed E-state index contributed by atoms with van der Waals surface area (Å²) in [7, 11) is 0. The van der Waals surface area contributed by atoms with E-state index < -0.39 is 11.9 Å². The lowest BCUT2D eigenvalue weighted by Gasteiger charge is -2.23. The Morgan fingerprint density at radius 3 is 2.55 bits per heavy atom. The van der Waals surface area contributed by atoms with Crippen molar-refractivity contribution in [2.24, 2.45) is 5.92 Å². The van der Waals surface area contributed by atoms with Crippen molar-refractivity contribution in [1.29, 1.82) is 0 Å². The van der Waals surface area contributed by atoms with Gasteiger partial charge in [-0.05, 0) is 26.8 Å². The number of aromatic nitrogens is 2. The molecule has 0 aliphatic heterocycles. The van der Waals surface area contributed by atoms with Gasteiger partial charge in [0.15, 0.2) is 0 Å². The molecule has 6 heteroatoms. The molecule has 0 aromatic carbocycles. The summed E-state index contributed by atoms with van der Waals surface area (Å²) in [4.78, 5) is 24.6. The Labute approximate surface area is 119 Å². The minimum absolute atomic E-state index is 0.0341. The highest BCUT2D eigenvalue weighted by Gasteiger charge is 2.19. The summed E-state index contributed by atoms with van der Waals surface area (Å²) in [5.41, 5.74) is 1.96. The zero-order valence-electron chi connectivity index (χ0n) is 12.6. The van der Waals surface area contributed by atoms with Crippen molar-refractivity contribution in [3.05, 3.63) is 17.5 Å². The first-order chi connectivity index (χ1) is 9.35. The van der Waals surface area contributed by atoms with Crippen molar-refractivity contribution < 1.29 is 14.7 Å². The summed E-state index contributed by atoms with van der Waals surface area (Å²) in [6, 6.07) is 1.97. The van der Waals surface area contributed by atoms with Crippen molar-refractivity contribution in [2.75, 3.05) is 13.1 Å². The summed E-state index contributed by atoms with van der Waals surface area (Å²) < 4.78 is 1.81. The second-order valence-corrected chi connectivity index (χ2v) is 5.07. The smallest absolute Gasteiger partial charge is 0.308 e. The molecule has 6 nitrogen and oxygen atoms in total. The van der Waals surface area contributed by atoms with Gasteiger partial charge >= 0.3 is 5.97 Å². The van der Waals surface area contributed by atoms with E-state index in [4.69, 9.17) is 5.11 Å². The van der Waals surface area contributed by atoms with Gasteiger partial charge in [-0.25, -0.2) is 0 Å². The Morgan fingerprint density at radius 2 is 2.10 bits per heavy atom. The first kappa shape index (κ1) is 16.2. The zero-order valence-corrected chi connectivity index (χ0v) is 12.6. The minimum Gasteiger partial charge on any atom is -0.481 e. The molecule has 1 atom stereocenters. The minimum atomic E-state index is -0.880. The van der Waals surface area contributed by atoms with Gasteiger partial charge in [-0.15, -0.1) is 0 Å². The molecule has 20 heavy (non-hydrogen) atoms. The quantitative estimate of drug-likeness (QED) is 0.821. The van der Waals surface area contributed by atoms with Crippen LogP contribution in [0.3, 0.4) is 0 Å². The molecule has 1 N–H and O–H groups in total. The van der Waals surface area contributed by atoms with E-state index >= 15 is 0 Å². The summed E-state index contributed by atoms with van der Waals surface area (Å²) in [6.45, 7) is 8.63. The molecular formula is C14H23N3O3. The highest BCUT2D eigenvalue weighted by Crippen LogP contribution is 2.06. The maximum Gasteiger partial charge on any atom is 0.308 e. The molecule has 1 unspecified atom stereocenters. The number of carbonyl (C=O) groups excluding carboxylic acids is 1. The van der Waals surface area contributed by atoms with E-state index in [0.29, 0.717) is 19.5 Å². The molecule has 112 valence electrons. The number of rotatable bonds is 7. The van der Waals surface area contributed by atoms with E-state index in [1.54, 1.807) is 11.8 Å². The monoisotopic (exact) mass is 281 g/mol. The van der Waals surface area contributed by atoms with Gasteiger partial charge in [0.05, 0.1) is 11.6 Å². The van der Waals surface area contributed by atoms with Gasteiger partial charge in [0.1, 0.15) is 0 Å². The van der Waals surface area contributed by atoms with Crippen LogP contribution in [0.5, 0.6) is 0 Å². The molecule has 1 amide bonds. The molecule has 0 spiro atoms. The molecule has 0 radical (unpaired) electrons. The second kappa shape index (κ2) is 7.07. The fraction of sp³-hybridized carbons (Fsp3) is 0.643. The standard InChI is InChI=1S/C14H23N3O3/c1-5-16(9-10(2)14(19)20)13(18)6-7-17-12(4)8-11(3)15-17/h8,10H,5-7,9H2,1-4H3,(H,19,20). The number of hydrogen-bond donors (Lipinski definition) is 1. The van der Waals surface area contributed by atoms with E-state index in [1.165, 1.54) is 0 Å². The van der Waals surface area contributed by atoms with Crippen LogP contribution < -0.4 is 0 Å². The summed E-state index contributed by atoms with van der Waals surface area (Å²) in [5.74, 6) is -1.46. The van der Waals surface area contributed by atoms with Gasteiger partial charge in [0.2, 0.25) is 5.91 Å². The number of aliphatic carboxylic acids is 1. The van der Waals surface area contributed by atoms with Crippen molar-refractivity contribution in [3.8, 4) is 0 Å². The Hall–Kier alpha value is -1.85. The number of aryl methyl sites for hydroxylation is 3. The number of amides is 1. The van der Waals surface area contributed by atoms with Gasteiger partial charge in [-0.3, -0.25) is 14.3 Å². The number of hydrogen-bond acceptors (Lipinski definition) is 3. The molecule has 1 aromatic heterocycles. The molecule has 1 rings (SSSR count). The predicted molar refractivity (Wildman–Crippen MR) is 75.4 cm³/mol. The first-order valence-electron chi connectivity index (χ1n) is 6.86. The molecule has 0 saturated heterocycles. The van der Waals surface area contributed by atoms with Crippen LogP contribution >= 0.6 is 0 Å². The van der Waals surface area contributed by atoms with Crippen LogP contribution in [-0.4, -0.2) is 44.8 Å². The van der Waals surface area contributed by atoms with Crippen molar-refractivity contribution in [1.82, 2.24) is 14.7 Å². The van der Waals surface area contributed by atoms with Gasteiger partial charge in [-0.1, -0.05) is 6.92 Å². The molecule has 0 bridgehead atoms. The summed E-state index contributed by atoms with van der Waals surface area (Å²) in [5, 5.41) is 13.2. The highest BCUT2D eigenvalue weighted by atomic mass is 16.4. The van der Waals surface area contributed by atoms with Gasteiger partial charge in [0, 0.05) is 31.7 Å². The summed E-state index contributed by atoms with van der Waals surface area (Å²) in [6.07, 6.45) is 0.335. The first-order valence-corrected chi connectivity index (χ1v) is 6.86. The fourth-order valence-corrected chi connectivity index (χ4v) is 2.08. The van der Waals surface area contributed by atoms with Crippen LogP contribution in [0.4, 0.5) is 0 Å². The molecule has 1 heterocycles. The van der Waals surface area contributed by atoms with Crippen LogP contribution in [0.2, 0.25) is 0 Å². The van der Waals surface area contributed by atoms with Crippen molar-refractivity contribution >= 4 is 11.9 Å². The Morgan fingerprint density at radius 1 is 1.45 bits per heavy atom. The normalized spacial score (nSPS) is 12.2. The molecule has 0 fully saturated rings. The Bertz CT molecular complexity index is 482.